The SMILES string of the molecule is O=C(Nc1cccc2ccccc12)c1n[nH]c(C2CC2)n1. The molecular weight excluding hydrogens is 264 g/mol. The van der Waals surface area contributed by atoms with Crippen molar-refractivity contribution in [1.29, 1.82) is 0 Å². The van der Waals surface area contributed by atoms with Gasteiger partial charge < -0.3 is 5.32 Å². The standard InChI is InChI=1S/C16H14N4O/c21-16(15-18-14(19-20-15)11-8-9-11)17-13-7-3-5-10-4-1-2-6-12(10)13/h1-7,11H,8-9H2,(H,17,21)(H,18,19,20). The summed E-state index contributed by atoms with van der Waals surface area (Å²) >= 11 is 0. The number of carbonyl (C=O) groups excluding carboxylic acids is 1. The van der Waals surface area contributed by atoms with Crippen molar-refractivity contribution < 1.29 is 4.79 Å². The molecule has 2 N–H and O–H groups in total. The molecule has 1 aromatic heterocycles. The smallest absolute Gasteiger partial charge is 0.295 e. The van der Waals surface area contributed by atoms with Crippen LogP contribution in [-0.2, 0) is 0 Å². The first-order valence-electron chi connectivity index (χ1n) is 7.03. The van der Waals surface area contributed by atoms with Crippen molar-refractivity contribution in [1.82, 2.24) is 15.2 Å². The normalized spacial score (nSPS) is 14.3. The first-order chi connectivity index (χ1) is 10.3. The van der Waals surface area contributed by atoms with Gasteiger partial charge in [0.1, 0.15) is 5.82 Å². The van der Waals surface area contributed by atoms with Crippen LogP contribution in [0.1, 0.15) is 35.2 Å². The number of hydrogen-bond donors (Lipinski definition) is 2. The van der Waals surface area contributed by atoms with Gasteiger partial charge in [-0.3, -0.25) is 9.89 Å². The summed E-state index contributed by atoms with van der Waals surface area (Å²) in [6, 6.07) is 13.8. The zero-order valence-corrected chi connectivity index (χ0v) is 11.3. The van der Waals surface area contributed by atoms with E-state index in [0.29, 0.717) is 5.92 Å². The quantitative estimate of drug-likeness (QED) is 0.773. The van der Waals surface area contributed by atoms with Gasteiger partial charge in [0.15, 0.2) is 0 Å². The third-order valence-corrected chi connectivity index (χ3v) is 3.71. The van der Waals surface area contributed by atoms with Gasteiger partial charge >= 0.3 is 0 Å². The Morgan fingerprint density at radius 2 is 1.95 bits per heavy atom. The van der Waals surface area contributed by atoms with E-state index >= 15 is 0 Å². The van der Waals surface area contributed by atoms with Crippen LogP contribution in [0.2, 0.25) is 0 Å². The summed E-state index contributed by atoms with van der Waals surface area (Å²) in [7, 11) is 0. The molecule has 0 saturated heterocycles. The highest BCUT2D eigenvalue weighted by atomic mass is 16.2. The van der Waals surface area contributed by atoms with Gasteiger partial charge in [-0.25, -0.2) is 4.98 Å². The lowest BCUT2D eigenvalue weighted by Gasteiger charge is -2.06. The molecule has 0 atom stereocenters. The maximum Gasteiger partial charge on any atom is 0.295 e. The van der Waals surface area contributed by atoms with E-state index < -0.39 is 0 Å². The van der Waals surface area contributed by atoms with Crippen LogP contribution in [0.15, 0.2) is 42.5 Å². The number of aromatic amines is 1. The predicted molar refractivity (Wildman–Crippen MR) is 80.3 cm³/mol. The van der Waals surface area contributed by atoms with Crippen molar-refractivity contribution in [2.45, 2.75) is 18.8 Å². The van der Waals surface area contributed by atoms with E-state index in [9.17, 15) is 4.79 Å². The molecule has 2 aromatic carbocycles. The first-order valence-corrected chi connectivity index (χ1v) is 7.03. The Kier molecular flexibility index (Phi) is 2.70. The van der Waals surface area contributed by atoms with Gasteiger partial charge in [-0.2, -0.15) is 0 Å². The number of H-pyrrole nitrogens is 1. The number of nitrogens with one attached hydrogen (secondary N) is 2. The molecule has 0 aliphatic heterocycles. The zero-order chi connectivity index (χ0) is 14.2. The summed E-state index contributed by atoms with van der Waals surface area (Å²) in [4.78, 5) is 16.5. The molecule has 1 fully saturated rings. The highest BCUT2D eigenvalue weighted by Gasteiger charge is 2.28. The molecule has 1 amide bonds. The second-order valence-corrected chi connectivity index (χ2v) is 5.30. The van der Waals surface area contributed by atoms with E-state index in [2.05, 4.69) is 20.5 Å². The van der Waals surface area contributed by atoms with Crippen LogP contribution >= 0.6 is 0 Å². The molecule has 104 valence electrons. The monoisotopic (exact) mass is 278 g/mol. The number of benzene rings is 2. The Balaban J connectivity index is 1.62. The Labute approximate surface area is 121 Å². The number of fused-ring (bicyclic) bond motifs is 1. The number of nitrogens with zero attached hydrogens (tertiary/aromatic N) is 2. The molecule has 0 unspecified atom stereocenters. The van der Waals surface area contributed by atoms with Gasteiger partial charge in [0.05, 0.1) is 0 Å². The number of aromatic nitrogens is 3. The average molecular weight is 278 g/mol. The minimum absolute atomic E-state index is 0.199. The number of carbonyl (C=O) groups is 1. The molecule has 21 heavy (non-hydrogen) atoms. The lowest BCUT2D eigenvalue weighted by molar-refractivity contribution is 0.101. The van der Waals surface area contributed by atoms with Gasteiger partial charge in [0.25, 0.3) is 5.91 Å². The third kappa shape index (κ3) is 2.27. The van der Waals surface area contributed by atoms with E-state index in [1.54, 1.807) is 0 Å². The molecule has 4 rings (SSSR count). The Bertz CT molecular complexity index is 815. The first kappa shape index (κ1) is 12.1. The Morgan fingerprint density at radius 1 is 1.14 bits per heavy atom. The highest BCUT2D eigenvalue weighted by Crippen LogP contribution is 2.37. The molecular formula is C16H14N4O. The van der Waals surface area contributed by atoms with Gasteiger partial charge in [0, 0.05) is 17.0 Å². The van der Waals surface area contributed by atoms with E-state index in [0.717, 1.165) is 35.1 Å². The Hall–Kier alpha value is -2.69. The molecule has 1 heterocycles. The fourth-order valence-corrected chi connectivity index (χ4v) is 2.43. The summed E-state index contributed by atoms with van der Waals surface area (Å²) in [5.41, 5.74) is 0.774. The molecule has 3 aromatic rings. The topological polar surface area (TPSA) is 70.7 Å². The van der Waals surface area contributed by atoms with Crippen LogP contribution in [0.25, 0.3) is 10.8 Å². The molecule has 1 saturated carbocycles. The van der Waals surface area contributed by atoms with E-state index in [-0.39, 0.29) is 11.7 Å². The molecule has 5 heteroatoms. The van der Waals surface area contributed by atoms with E-state index in [1.807, 2.05) is 42.5 Å². The van der Waals surface area contributed by atoms with Gasteiger partial charge in [-0.05, 0) is 24.3 Å². The van der Waals surface area contributed by atoms with Crippen molar-refractivity contribution in [2.75, 3.05) is 5.32 Å². The lowest BCUT2D eigenvalue weighted by atomic mass is 10.1. The zero-order valence-electron chi connectivity index (χ0n) is 11.3. The maximum atomic E-state index is 12.3. The summed E-state index contributed by atoms with van der Waals surface area (Å²) in [5.74, 6) is 1.19. The molecule has 0 radical (unpaired) electrons. The van der Waals surface area contributed by atoms with Crippen LogP contribution in [-0.4, -0.2) is 21.1 Å². The molecule has 0 spiro atoms. The summed E-state index contributed by atoms with van der Waals surface area (Å²) in [6.45, 7) is 0. The van der Waals surface area contributed by atoms with Crippen molar-refractivity contribution >= 4 is 22.4 Å². The number of rotatable bonds is 3. The second-order valence-electron chi connectivity index (χ2n) is 5.30. The minimum atomic E-state index is -0.283. The molecule has 1 aliphatic carbocycles. The number of hydrogen-bond acceptors (Lipinski definition) is 3. The van der Waals surface area contributed by atoms with Crippen molar-refractivity contribution in [2.24, 2.45) is 0 Å². The van der Waals surface area contributed by atoms with Crippen molar-refractivity contribution in [3.63, 3.8) is 0 Å². The third-order valence-electron chi connectivity index (χ3n) is 3.71. The largest absolute Gasteiger partial charge is 0.319 e. The molecule has 0 bridgehead atoms. The van der Waals surface area contributed by atoms with Crippen LogP contribution in [0.3, 0.4) is 0 Å². The average Bonchev–Trinajstić information content (AvgIpc) is 3.25. The minimum Gasteiger partial charge on any atom is -0.319 e. The van der Waals surface area contributed by atoms with E-state index in [4.69, 9.17) is 0 Å². The summed E-state index contributed by atoms with van der Waals surface area (Å²) in [6.07, 6.45) is 2.25. The van der Waals surface area contributed by atoms with Gasteiger partial charge in [-0.15, -0.1) is 5.10 Å². The van der Waals surface area contributed by atoms with E-state index in [1.165, 1.54) is 0 Å². The van der Waals surface area contributed by atoms with Crippen LogP contribution in [0.5, 0.6) is 0 Å². The lowest BCUT2D eigenvalue weighted by Crippen LogP contribution is -2.14. The summed E-state index contributed by atoms with van der Waals surface area (Å²) in [5, 5.41) is 11.8. The van der Waals surface area contributed by atoms with Gasteiger partial charge in [0.2, 0.25) is 5.82 Å². The molecule has 5 nitrogen and oxygen atoms in total. The van der Waals surface area contributed by atoms with Crippen LogP contribution < -0.4 is 5.32 Å². The van der Waals surface area contributed by atoms with Gasteiger partial charge in [-0.1, -0.05) is 36.4 Å². The highest BCUT2D eigenvalue weighted by molar-refractivity contribution is 6.07. The Morgan fingerprint density at radius 3 is 2.81 bits per heavy atom. The van der Waals surface area contributed by atoms with Crippen LogP contribution in [0.4, 0.5) is 5.69 Å². The fraction of sp³-hybridized carbons (Fsp3) is 0.188. The van der Waals surface area contributed by atoms with Crippen molar-refractivity contribution in [3.8, 4) is 0 Å². The fourth-order valence-electron chi connectivity index (χ4n) is 2.43. The maximum absolute atomic E-state index is 12.3. The predicted octanol–water partition coefficient (Wildman–Crippen LogP) is 3.09. The number of amides is 1. The van der Waals surface area contributed by atoms with Crippen molar-refractivity contribution in [3.05, 3.63) is 54.1 Å². The van der Waals surface area contributed by atoms with Crippen LogP contribution in [0, 0.1) is 0 Å². The summed E-state index contributed by atoms with van der Waals surface area (Å²) < 4.78 is 0. The number of anilines is 1. The molecule has 1 aliphatic rings. The second kappa shape index (κ2) is 4.70.